The van der Waals surface area contributed by atoms with Crippen LogP contribution in [0.15, 0.2) is 60.0 Å². The maximum absolute atomic E-state index is 13.5. The molecule has 1 rings (SSSR count). The summed E-state index contributed by atoms with van der Waals surface area (Å²) in [4.78, 5) is 0. The van der Waals surface area contributed by atoms with Gasteiger partial charge in [0.15, 0.2) is 11.6 Å². The number of halogens is 1. The Morgan fingerprint density at radius 3 is 2.67 bits per heavy atom. The first-order valence-corrected chi connectivity index (χ1v) is 5.53. The number of para-hydroxylation sites is 1. The Morgan fingerprint density at radius 2 is 2.06 bits per heavy atom. The topological polar surface area (TPSA) is 47.3 Å². The maximum Gasteiger partial charge on any atom is 0.165 e. The lowest BCUT2D eigenvalue weighted by molar-refractivity contribution is 0.411. The van der Waals surface area contributed by atoms with Gasteiger partial charge in [0.1, 0.15) is 5.76 Å². The average molecular weight is 248 g/mol. The third kappa shape index (κ3) is 4.84. The molecule has 0 bridgehead atoms. The van der Waals surface area contributed by atoms with E-state index in [9.17, 15) is 4.39 Å². The number of ether oxygens (including phenoxy) is 1. The summed E-state index contributed by atoms with van der Waals surface area (Å²) >= 11 is 0. The molecule has 0 saturated heterocycles. The van der Waals surface area contributed by atoms with Crippen molar-refractivity contribution < 1.29 is 9.13 Å². The van der Waals surface area contributed by atoms with Gasteiger partial charge in [-0.2, -0.15) is 0 Å². The number of benzene rings is 1. The zero-order valence-electron chi connectivity index (χ0n) is 10.5. The number of hydrogen-bond acceptors (Lipinski definition) is 3. The summed E-state index contributed by atoms with van der Waals surface area (Å²) in [7, 11) is 0. The molecule has 0 fully saturated rings. The Morgan fingerprint density at radius 1 is 1.33 bits per heavy atom. The Bertz CT molecular complexity index is 474. The van der Waals surface area contributed by atoms with Crippen molar-refractivity contribution in [1.29, 1.82) is 0 Å². The molecule has 18 heavy (non-hydrogen) atoms. The summed E-state index contributed by atoms with van der Waals surface area (Å²) in [6, 6.07) is 6.26. The van der Waals surface area contributed by atoms with Crippen molar-refractivity contribution >= 4 is 0 Å². The van der Waals surface area contributed by atoms with Crippen LogP contribution in [-0.4, -0.2) is 0 Å². The van der Waals surface area contributed by atoms with E-state index in [0.29, 0.717) is 5.76 Å². The van der Waals surface area contributed by atoms with E-state index in [-0.39, 0.29) is 5.75 Å². The molecule has 1 aromatic rings. The van der Waals surface area contributed by atoms with Crippen molar-refractivity contribution in [2.75, 3.05) is 0 Å². The Kier molecular flexibility index (Phi) is 5.67. The van der Waals surface area contributed by atoms with Gasteiger partial charge in [-0.15, -0.1) is 0 Å². The number of rotatable bonds is 5. The number of hydrazine groups is 1. The van der Waals surface area contributed by atoms with Crippen molar-refractivity contribution in [2.24, 2.45) is 5.84 Å². The van der Waals surface area contributed by atoms with Crippen molar-refractivity contribution in [3.8, 4) is 5.75 Å². The lowest BCUT2D eigenvalue weighted by atomic mass is 10.2. The van der Waals surface area contributed by atoms with Gasteiger partial charge < -0.3 is 10.2 Å². The average Bonchev–Trinajstić information content (AvgIpc) is 2.31. The molecule has 0 heterocycles. The van der Waals surface area contributed by atoms with Crippen LogP contribution >= 0.6 is 0 Å². The molecule has 0 aliphatic rings. The first-order valence-electron chi connectivity index (χ1n) is 5.53. The number of hydrogen-bond donors (Lipinski definition) is 2. The van der Waals surface area contributed by atoms with E-state index < -0.39 is 5.82 Å². The molecule has 0 unspecified atom stereocenters. The largest absolute Gasteiger partial charge is 0.454 e. The minimum Gasteiger partial charge on any atom is -0.454 e. The molecule has 0 amide bonds. The minimum absolute atomic E-state index is 0.190. The highest BCUT2D eigenvalue weighted by Gasteiger charge is 2.03. The number of nitrogens with two attached hydrogens (primary N) is 1. The second-order valence-corrected chi connectivity index (χ2v) is 3.85. The van der Waals surface area contributed by atoms with Gasteiger partial charge in [0.25, 0.3) is 0 Å². The SMILES string of the molecule is CC(C)=C/C(=C\C=C\NN)Oc1ccccc1F. The summed E-state index contributed by atoms with van der Waals surface area (Å²) in [6.45, 7) is 3.87. The molecule has 0 saturated carbocycles. The molecule has 1 aromatic carbocycles. The zero-order valence-corrected chi connectivity index (χ0v) is 10.5. The fourth-order valence-corrected chi connectivity index (χ4v) is 1.25. The lowest BCUT2D eigenvalue weighted by Gasteiger charge is -2.07. The molecule has 3 nitrogen and oxygen atoms in total. The normalized spacial score (nSPS) is 11.4. The molecular weight excluding hydrogens is 231 g/mol. The number of allylic oxidation sites excluding steroid dienone is 4. The molecule has 0 radical (unpaired) electrons. The molecule has 3 N–H and O–H groups in total. The summed E-state index contributed by atoms with van der Waals surface area (Å²) < 4.78 is 18.9. The third-order valence-electron chi connectivity index (χ3n) is 1.95. The van der Waals surface area contributed by atoms with Gasteiger partial charge in [0, 0.05) is 6.20 Å². The monoisotopic (exact) mass is 248 g/mol. The smallest absolute Gasteiger partial charge is 0.165 e. The fourth-order valence-electron chi connectivity index (χ4n) is 1.25. The predicted molar refractivity (Wildman–Crippen MR) is 71.0 cm³/mol. The van der Waals surface area contributed by atoms with Crippen LogP contribution in [0.25, 0.3) is 0 Å². The molecule has 0 spiro atoms. The van der Waals surface area contributed by atoms with E-state index in [2.05, 4.69) is 5.43 Å². The van der Waals surface area contributed by atoms with Crippen molar-refractivity contribution in [2.45, 2.75) is 13.8 Å². The standard InChI is InChI=1S/C14H17FN2O/c1-11(2)10-12(6-5-9-17-16)18-14-8-4-3-7-13(14)15/h3-10,17H,16H2,1-2H3/b9-5+,12-6+. The van der Waals surface area contributed by atoms with Gasteiger partial charge in [0.05, 0.1) is 0 Å². The van der Waals surface area contributed by atoms with Gasteiger partial charge in [-0.25, -0.2) is 4.39 Å². The maximum atomic E-state index is 13.5. The van der Waals surface area contributed by atoms with Crippen LogP contribution in [0.3, 0.4) is 0 Å². The Labute approximate surface area is 106 Å². The first kappa shape index (κ1) is 14.0. The molecule has 0 aromatic heterocycles. The second-order valence-electron chi connectivity index (χ2n) is 3.85. The highest BCUT2D eigenvalue weighted by atomic mass is 19.1. The van der Waals surface area contributed by atoms with Gasteiger partial charge in [-0.3, -0.25) is 5.84 Å². The molecule has 0 atom stereocenters. The molecule has 4 heteroatoms. The summed E-state index contributed by atoms with van der Waals surface area (Å²) in [5.41, 5.74) is 3.42. The van der Waals surface area contributed by atoms with Crippen LogP contribution in [0.4, 0.5) is 4.39 Å². The molecule has 0 aliphatic carbocycles. The van der Waals surface area contributed by atoms with Gasteiger partial charge in [0.2, 0.25) is 0 Å². The molecule has 0 aliphatic heterocycles. The highest BCUT2D eigenvalue weighted by Crippen LogP contribution is 2.19. The Balaban J connectivity index is 2.92. The second kappa shape index (κ2) is 7.29. The van der Waals surface area contributed by atoms with Crippen LogP contribution in [-0.2, 0) is 0 Å². The summed E-state index contributed by atoms with van der Waals surface area (Å²) in [5, 5.41) is 0. The lowest BCUT2D eigenvalue weighted by Crippen LogP contribution is -2.12. The van der Waals surface area contributed by atoms with E-state index in [1.54, 1.807) is 36.6 Å². The quantitative estimate of drug-likeness (QED) is 0.364. The van der Waals surface area contributed by atoms with Crippen LogP contribution in [0.5, 0.6) is 5.75 Å². The van der Waals surface area contributed by atoms with E-state index in [4.69, 9.17) is 10.6 Å². The van der Waals surface area contributed by atoms with Crippen molar-refractivity contribution in [3.05, 3.63) is 65.8 Å². The van der Waals surface area contributed by atoms with E-state index in [1.807, 2.05) is 19.9 Å². The molecular formula is C14H17FN2O. The van der Waals surface area contributed by atoms with Gasteiger partial charge in [-0.05, 0) is 44.2 Å². The van der Waals surface area contributed by atoms with Crippen LogP contribution in [0.1, 0.15) is 13.8 Å². The zero-order chi connectivity index (χ0) is 13.4. The van der Waals surface area contributed by atoms with Crippen molar-refractivity contribution in [3.63, 3.8) is 0 Å². The van der Waals surface area contributed by atoms with E-state index >= 15 is 0 Å². The van der Waals surface area contributed by atoms with Gasteiger partial charge >= 0.3 is 0 Å². The van der Waals surface area contributed by atoms with E-state index in [0.717, 1.165) is 5.57 Å². The third-order valence-corrected chi connectivity index (χ3v) is 1.95. The van der Waals surface area contributed by atoms with Crippen LogP contribution in [0.2, 0.25) is 0 Å². The minimum atomic E-state index is -0.397. The van der Waals surface area contributed by atoms with Crippen LogP contribution < -0.4 is 16.0 Å². The molecule has 96 valence electrons. The summed E-state index contributed by atoms with van der Waals surface area (Å²) in [6.07, 6.45) is 6.73. The first-order chi connectivity index (χ1) is 8.63. The number of nitrogens with one attached hydrogen (secondary N) is 1. The van der Waals surface area contributed by atoms with E-state index in [1.165, 1.54) is 6.07 Å². The van der Waals surface area contributed by atoms with Gasteiger partial charge in [-0.1, -0.05) is 17.7 Å². The summed E-state index contributed by atoms with van der Waals surface area (Å²) in [5.74, 6) is 5.44. The highest BCUT2D eigenvalue weighted by molar-refractivity contribution is 5.30. The Hall–Kier alpha value is -2.07. The van der Waals surface area contributed by atoms with Crippen molar-refractivity contribution in [1.82, 2.24) is 5.43 Å². The predicted octanol–water partition coefficient (Wildman–Crippen LogP) is 3.03. The van der Waals surface area contributed by atoms with Crippen LogP contribution in [0, 0.1) is 5.82 Å². The fraction of sp³-hybridized carbons (Fsp3) is 0.143.